The number of carbonyl (C=O) groups is 1. The van der Waals surface area contributed by atoms with Crippen LogP contribution in [-0.4, -0.2) is 19.0 Å². The zero-order valence-electron chi connectivity index (χ0n) is 12.3. The van der Waals surface area contributed by atoms with Crippen LogP contribution < -0.4 is 10.6 Å². The van der Waals surface area contributed by atoms with Gasteiger partial charge in [-0.2, -0.15) is 0 Å². The lowest BCUT2D eigenvalue weighted by molar-refractivity contribution is -0.127. The first-order valence-corrected chi connectivity index (χ1v) is 8.36. The highest BCUT2D eigenvalue weighted by molar-refractivity contribution is 6.30. The highest BCUT2D eigenvalue weighted by atomic mass is 35.5. The van der Waals surface area contributed by atoms with Gasteiger partial charge in [-0.3, -0.25) is 4.79 Å². The van der Waals surface area contributed by atoms with Gasteiger partial charge in [-0.15, -0.1) is 0 Å². The van der Waals surface area contributed by atoms with Gasteiger partial charge < -0.3 is 10.6 Å². The van der Waals surface area contributed by atoms with Gasteiger partial charge in [-0.25, -0.2) is 0 Å². The van der Waals surface area contributed by atoms with Crippen molar-refractivity contribution in [3.8, 4) is 0 Å². The summed E-state index contributed by atoms with van der Waals surface area (Å²) >= 11 is 6.00. The Morgan fingerprint density at radius 3 is 2.52 bits per heavy atom. The average molecular weight is 307 g/mol. The smallest absolute Gasteiger partial charge is 0.225 e. The Balaban J connectivity index is 1.77. The maximum Gasteiger partial charge on any atom is 0.225 e. The monoisotopic (exact) mass is 306 g/mol. The summed E-state index contributed by atoms with van der Waals surface area (Å²) in [6, 6.07) is 7.97. The van der Waals surface area contributed by atoms with Gasteiger partial charge >= 0.3 is 0 Å². The lowest BCUT2D eigenvalue weighted by Gasteiger charge is -2.34. The molecule has 2 aliphatic rings. The summed E-state index contributed by atoms with van der Waals surface area (Å²) in [5.41, 5.74) is 1.01. The molecule has 1 saturated heterocycles. The molecule has 1 heterocycles. The van der Waals surface area contributed by atoms with Gasteiger partial charge in [0.1, 0.15) is 0 Å². The molecule has 3 nitrogen and oxygen atoms in total. The third-order valence-electron chi connectivity index (χ3n) is 4.88. The highest BCUT2D eigenvalue weighted by Crippen LogP contribution is 2.39. The number of benzene rings is 1. The van der Waals surface area contributed by atoms with Crippen molar-refractivity contribution < 1.29 is 4.79 Å². The standard InChI is InChI=1S/C17H23ClN2O/c18-15-7-5-14(6-8-15)17(9-1-2-10-17)20-16(21)13-4-3-11-19-12-13/h5-8,13,19H,1-4,9-12H2,(H,20,21). The predicted molar refractivity (Wildman–Crippen MR) is 85.3 cm³/mol. The van der Waals surface area contributed by atoms with Crippen molar-refractivity contribution in [2.45, 2.75) is 44.1 Å². The first-order chi connectivity index (χ1) is 10.2. The zero-order chi connectivity index (χ0) is 14.7. The number of nitrogens with one attached hydrogen (secondary N) is 2. The maximum atomic E-state index is 12.6. The van der Waals surface area contributed by atoms with E-state index in [4.69, 9.17) is 11.6 Å². The summed E-state index contributed by atoms with van der Waals surface area (Å²) in [6.45, 7) is 1.84. The summed E-state index contributed by atoms with van der Waals surface area (Å²) in [5.74, 6) is 0.322. The van der Waals surface area contributed by atoms with E-state index in [1.807, 2.05) is 12.1 Å². The number of amides is 1. The fourth-order valence-corrected chi connectivity index (χ4v) is 3.77. The van der Waals surface area contributed by atoms with Gasteiger partial charge in [0.05, 0.1) is 11.5 Å². The van der Waals surface area contributed by atoms with Crippen molar-refractivity contribution in [2.24, 2.45) is 5.92 Å². The largest absolute Gasteiger partial charge is 0.346 e. The van der Waals surface area contributed by atoms with Gasteiger partial charge in [0.15, 0.2) is 0 Å². The normalized spacial score (nSPS) is 24.7. The number of rotatable bonds is 3. The second kappa shape index (κ2) is 6.37. The van der Waals surface area contributed by atoms with Crippen LogP contribution in [0, 0.1) is 5.92 Å². The van der Waals surface area contributed by atoms with Crippen LogP contribution in [0.5, 0.6) is 0 Å². The molecule has 1 atom stereocenters. The zero-order valence-corrected chi connectivity index (χ0v) is 13.1. The molecule has 1 aromatic carbocycles. The van der Waals surface area contributed by atoms with E-state index in [1.54, 1.807) is 0 Å². The molecule has 0 radical (unpaired) electrons. The molecule has 21 heavy (non-hydrogen) atoms. The van der Waals surface area contributed by atoms with Crippen LogP contribution in [0.3, 0.4) is 0 Å². The lowest BCUT2D eigenvalue weighted by atomic mass is 9.86. The first-order valence-electron chi connectivity index (χ1n) is 7.98. The fourth-order valence-electron chi connectivity index (χ4n) is 3.65. The number of piperidine rings is 1. The summed E-state index contributed by atoms with van der Waals surface area (Å²) in [5, 5.41) is 7.44. The van der Waals surface area contributed by atoms with E-state index in [2.05, 4.69) is 22.8 Å². The van der Waals surface area contributed by atoms with Crippen LogP contribution in [0.15, 0.2) is 24.3 Å². The average Bonchev–Trinajstić information content (AvgIpc) is 2.98. The minimum absolute atomic E-state index is 0.114. The second-order valence-corrected chi connectivity index (χ2v) is 6.77. The van der Waals surface area contributed by atoms with E-state index >= 15 is 0 Å². The summed E-state index contributed by atoms with van der Waals surface area (Å²) in [6.07, 6.45) is 6.49. The van der Waals surface area contributed by atoms with Crippen molar-refractivity contribution in [2.75, 3.05) is 13.1 Å². The molecule has 1 unspecified atom stereocenters. The summed E-state index contributed by atoms with van der Waals surface area (Å²) in [4.78, 5) is 12.6. The summed E-state index contributed by atoms with van der Waals surface area (Å²) < 4.78 is 0. The van der Waals surface area contributed by atoms with Crippen molar-refractivity contribution in [1.82, 2.24) is 10.6 Å². The van der Waals surface area contributed by atoms with E-state index in [0.717, 1.165) is 43.8 Å². The van der Waals surface area contributed by atoms with Crippen LogP contribution in [-0.2, 0) is 10.3 Å². The minimum Gasteiger partial charge on any atom is -0.346 e. The van der Waals surface area contributed by atoms with Crippen LogP contribution in [0.2, 0.25) is 5.02 Å². The summed E-state index contributed by atoms with van der Waals surface area (Å²) in [7, 11) is 0. The van der Waals surface area contributed by atoms with Crippen molar-refractivity contribution in [3.05, 3.63) is 34.9 Å². The number of hydrogen-bond acceptors (Lipinski definition) is 2. The topological polar surface area (TPSA) is 41.1 Å². The number of carbonyl (C=O) groups excluding carboxylic acids is 1. The Hall–Kier alpha value is -1.06. The third kappa shape index (κ3) is 3.24. The molecule has 1 saturated carbocycles. The van der Waals surface area contributed by atoms with Gasteiger partial charge in [-0.05, 0) is 49.9 Å². The number of halogens is 1. The molecular formula is C17H23ClN2O. The molecular weight excluding hydrogens is 284 g/mol. The predicted octanol–water partition coefficient (Wildman–Crippen LogP) is 3.23. The fraction of sp³-hybridized carbons (Fsp3) is 0.588. The van der Waals surface area contributed by atoms with Crippen LogP contribution in [0.25, 0.3) is 0 Å². The Kier molecular flexibility index (Phi) is 4.51. The van der Waals surface area contributed by atoms with Gasteiger partial charge in [-0.1, -0.05) is 36.6 Å². The van der Waals surface area contributed by atoms with Crippen molar-refractivity contribution >= 4 is 17.5 Å². The Morgan fingerprint density at radius 2 is 1.90 bits per heavy atom. The van der Waals surface area contributed by atoms with E-state index in [-0.39, 0.29) is 17.4 Å². The van der Waals surface area contributed by atoms with E-state index in [1.165, 1.54) is 18.4 Å². The molecule has 3 rings (SSSR count). The molecule has 1 aromatic rings. The molecule has 1 aliphatic carbocycles. The molecule has 114 valence electrons. The van der Waals surface area contributed by atoms with E-state index < -0.39 is 0 Å². The molecule has 2 fully saturated rings. The molecule has 1 amide bonds. The first kappa shape index (κ1) is 14.9. The molecule has 4 heteroatoms. The Labute approximate surface area is 131 Å². The van der Waals surface area contributed by atoms with Crippen LogP contribution in [0.4, 0.5) is 0 Å². The van der Waals surface area contributed by atoms with Crippen molar-refractivity contribution in [3.63, 3.8) is 0 Å². The molecule has 2 N–H and O–H groups in total. The van der Waals surface area contributed by atoms with Gasteiger partial charge in [0.25, 0.3) is 0 Å². The van der Waals surface area contributed by atoms with E-state index in [0.29, 0.717) is 0 Å². The molecule has 0 aromatic heterocycles. The Morgan fingerprint density at radius 1 is 1.19 bits per heavy atom. The minimum atomic E-state index is -0.181. The molecule has 0 bridgehead atoms. The third-order valence-corrected chi connectivity index (χ3v) is 5.14. The second-order valence-electron chi connectivity index (χ2n) is 6.33. The SMILES string of the molecule is O=C(NC1(c2ccc(Cl)cc2)CCCC1)C1CCCNC1. The highest BCUT2D eigenvalue weighted by Gasteiger charge is 2.38. The molecule has 1 aliphatic heterocycles. The van der Waals surface area contributed by atoms with Crippen molar-refractivity contribution in [1.29, 1.82) is 0 Å². The van der Waals surface area contributed by atoms with E-state index in [9.17, 15) is 4.79 Å². The number of hydrogen-bond donors (Lipinski definition) is 2. The molecule has 0 spiro atoms. The van der Waals surface area contributed by atoms with Crippen LogP contribution >= 0.6 is 11.6 Å². The van der Waals surface area contributed by atoms with Crippen LogP contribution in [0.1, 0.15) is 44.1 Å². The van der Waals surface area contributed by atoms with Gasteiger partial charge in [0, 0.05) is 11.6 Å². The van der Waals surface area contributed by atoms with Gasteiger partial charge in [0.2, 0.25) is 5.91 Å². The quantitative estimate of drug-likeness (QED) is 0.900. The Bertz CT molecular complexity index is 488. The lowest BCUT2D eigenvalue weighted by Crippen LogP contribution is -2.49. The maximum absolute atomic E-state index is 12.6.